The molecule has 1 saturated heterocycles. The van der Waals surface area contributed by atoms with Crippen molar-refractivity contribution < 1.29 is 85.2 Å². The number of aliphatic carboxylic acids is 1. The molecule has 0 aliphatic carbocycles. The first-order valence-electron chi connectivity index (χ1n) is 8.39. The number of carboxylic acids is 1. The van der Waals surface area contributed by atoms with Crippen LogP contribution in [0.25, 0.3) is 0 Å². The average Bonchev–Trinajstić information content (AvgIpc) is 2.55. The maximum Gasteiger partial charge on any atom is 1.00 e. The van der Waals surface area contributed by atoms with Crippen LogP contribution < -0.4 is 5.11 Å². The van der Waals surface area contributed by atoms with Gasteiger partial charge in [-0.25, -0.2) is 0 Å². The molecule has 1 rings (SSSR count). The Labute approximate surface area is 193 Å². The number of carbonyl (C=O) groups excluding carboxylic acids is 5. The number of carboxylic acid groups (broad SMARTS) is 1. The zero-order chi connectivity index (χ0) is 22.7. The molecule has 0 spiro atoms. The Kier molecular flexibility index (Phi) is 15.3. The minimum atomic E-state index is -1.20. The van der Waals surface area contributed by atoms with Crippen molar-refractivity contribution in [3.8, 4) is 0 Å². The van der Waals surface area contributed by atoms with E-state index in [4.69, 9.17) is 38.3 Å². The average molecular weight is 622 g/mol. The van der Waals surface area contributed by atoms with Crippen LogP contribution in [-0.4, -0.2) is 74.3 Å². The summed E-state index contributed by atoms with van der Waals surface area (Å²) in [5.74, 6) is -3.71. The molecule has 0 aromatic heterocycles. The van der Waals surface area contributed by atoms with E-state index in [2.05, 4.69) is 0 Å². The van der Waals surface area contributed by atoms with Gasteiger partial charge < -0.3 is 38.3 Å². The van der Waals surface area contributed by atoms with Gasteiger partial charge in [0, 0.05) is 40.8 Å². The zero-order valence-electron chi connectivity index (χ0n) is 17.7. The summed E-state index contributed by atoms with van der Waals surface area (Å²) in [6, 6.07) is 0. The molecule has 0 bridgehead atoms. The van der Waals surface area contributed by atoms with Crippen molar-refractivity contribution in [3.63, 3.8) is 0 Å². The normalized spacial score (nSPS) is 24.7. The van der Waals surface area contributed by atoms with E-state index in [0.29, 0.717) is 0 Å². The third kappa shape index (κ3) is 12.0. The molecular weight excluding hydrogens is 597 g/mol. The molecule has 1 aliphatic rings. The minimum Gasteiger partial charge on any atom is -0.550 e. The number of esters is 4. The first kappa shape index (κ1) is 30.4. The summed E-state index contributed by atoms with van der Waals surface area (Å²) in [6.07, 6.45) is -5.67. The summed E-state index contributed by atoms with van der Waals surface area (Å²) in [4.78, 5) is 54.2. The van der Waals surface area contributed by atoms with Crippen LogP contribution >= 0.6 is 0 Å². The van der Waals surface area contributed by atoms with E-state index in [1.807, 2.05) is 0 Å². The van der Waals surface area contributed by atoms with Crippen LogP contribution in [0.4, 0.5) is 0 Å². The second-order valence-corrected chi connectivity index (χ2v) is 5.79. The van der Waals surface area contributed by atoms with Gasteiger partial charge in [-0.05, 0) is 6.92 Å². The molecule has 0 amide bonds. The molecular formula is C17H25HgO12. The summed E-state index contributed by atoms with van der Waals surface area (Å²) in [5.41, 5.74) is 0. The minimum absolute atomic E-state index is 0. The van der Waals surface area contributed by atoms with Gasteiger partial charge in [0.2, 0.25) is 0 Å². The van der Waals surface area contributed by atoms with Crippen molar-refractivity contribution in [2.24, 2.45) is 0 Å². The van der Waals surface area contributed by atoms with Crippen molar-refractivity contribution in [3.05, 3.63) is 0 Å². The standard InChI is InChI=1S/C15H22O10.C2H4O2.Hg/c1-7(16)21-6-11-12(22-8(2)17)13(23-9(3)18)14(24-10(4)19)15(20-5)25-11;1-2(3)4;/h11-15H,6H2,1-5H3;1H3,(H,3,4);/q;;+1/p-1. The van der Waals surface area contributed by atoms with Crippen LogP contribution in [0.5, 0.6) is 0 Å². The van der Waals surface area contributed by atoms with Crippen LogP contribution in [0.2, 0.25) is 0 Å². The number of hydrogen-bond donors (Lipinski definition) is 0. The number of hydrogen-bond acceptors (Lipinski definition) is 12. The first-order chi connectivity index (χ1) is 13.4. The van der Waals surface area contributed by atoms with Crippen LogP contribution in [0.15, 0.2) is 0 Å². The maximum absolute atomic E-state index is 11.5. The fourth-order valence-corrected chi connectivity index (χ4v) is 2.38. The number of carbonyl (C=O) groups is 5. The van der Waals surface area contributed by atoms with Gasteiger partial charge in [0.05, 0.1) is 0 Å². The largest absolute Gasteiger partial charge is 1.00 e. The molecule has 1 aliphatic heterocycles. The van der Waals surface area contributed by atoms with E-state index in [9.17, 15) is 19.2 Å². The topological polar surface area (TPSA) is 164 Å². The molecule has 1 fully saturated rings. The Morgan fingerprint density at radius 2 is 1.17 bits per heavy atom. The van der Waals surface area contributed by atoms with Crippen molar-refractivity contribution >= 4 is 29.8 Å². The molecule has 1 heterocycles. The van der Waals surface area contributed by atoms with Gasteiger partial charge >= 0.3 is 51.5 Å². The van der Waals surface area contributed by atoms with Gasteiger partial charge in [-0.2, -0.15) is 0 Å². The Hall–Kier alpha value is -1.79. The third-order valence-corrected chi connectivity index (χ3v) is 3.18. The fourth-order valence-electron chi connectivity index (χ4n) is 2.38. The van der Waals surface area contributed by atoms with Crippen molar-refractivity contribution in [1.82, 2.24) is 0 Å². The summed E-state index contributed by atoms with van der Waals surface area (Å²) < 4.78 is 31.1. The second-order valence-electron chi connectivity index (χ2n) is 5.79. The molecule has 12 nitrogen and oxygen atoms in total. The Bertz CT molecular complexity index is 604. The summed E-state index contributed by atoms with van der Waals surface area (Å²) >= 11 is 0. The summed E-state index contributed by atoms with van der Waals surface area (Å²) in [5, 5.41) is 8.89. The number of ether oxygens (including phenoxy) is 6. The molecule has 0 saturated carbocycles. The molecule has 1 radical (unpaired) electrons. The zero-order valence-corrected chi connectivity index (χ0v) is 23.2. The van der Waals surface area contributed by atoms with E-state index < -0.39 is 60.6 Å². The van der Waals surface area contributed by atoms with Gasteiger partial charge in [0.1, 0.15) is 12.7 Å². The van der Waals surface area contributed by atoms with Crippen LogP contribution in [-0.2, 0) is 80.1 Å². The van der Waals surface area contributed by atoms with Crippen LogP contribution in [0.3, 0.4) is 0 Å². The van der Waals surface area contributed by atoms with Crippen LogP contribution in [0.1, 0.15) is 34.6 Å². The predicted molar refractivity (Wildman–Crippen MR) is 89.6 cm³/mol. The molecule has 5 atom stereocenters. The van der Waals surface area contributed by atoms with Gasteiger partial charge in [-0.15, -0.1) is 0 Å². The molecule has 0 N–H and O–H groups in total. The van der Waals surface area contributed by atoms with Gasteiger partial charge in [-0.1, -0.05) is 0 Å². The van der Waals surface area contributed by atoms with E-state index in [1.165, 1.54) is 14.0 Å². The Morgan fingerprint density at radius 3 is 1.53 bits per heavy atom. The molecule has 30 heavy (non-hydrogen) atoms. The molecule has 5 unspecified atom stereocenters. The van der Waals surface area contributed by atoms with E-state index >= 15 is 0 Å². The quantitative estimate of drug-likeness (QED) is 0.191. The van der Waals surface area contributed by atoms with E-state index in [1.54, 1.807) is 0 Å². The van der Waals surface area contributed by atoms with Crippen LogP contribution in [0, 0.1) is 0 Å². The predicted octanol–water partition coefficient (Wildman–Crippen LogP) is -1.53. The van der Waals surface area contributed by atoms with Gasteiger partial charge in [-0.3, -0.25) is 19.2 Å². The maximum atomic E-state index is 11.5. The van der Waals surface area contributed by atoms with Gasteiger partial charge in [0.15, 0.2) is 24.6 Å². The van der Waals surface area contributed by atoms with Gasteiger partial charge in [0.25, 0.3) is 0 Å². The SMILES string of the molecule is CC(=O)[O-].COC1OC(COC(C)=O)C(OC(C)=O)C(OC(C)=O)C1OC(C)=O.[Hg+]. The molecule has 13 heteroatoms. The number of rotatable bonds is 6. The smallest absolute Gasteiger partial charge is 0.550 e. The van der Waals surface area contributed by atoms with Crippen molar-refractivity contribution in [2.45, 2.75) is 65.3 Å². The molecule has 167 valence electrons. The third-order valence-electron chi connectivity index (χ3n) is 3.18. The van der Waals surface area contributed by atoms with E-state index in [-0.39, 0.29) is 34.3 Å². The monoisotopic (exact) mass is 623 g/mol. The van der Waals surface area contributed by atoms with E-state index in [0.717, 1.165) is 27.7 Å². The van der Waals surface area contributed by atoms with Crippen molar-refractivity contribution in [1.29, 1.82) is 0 Å². The second kappa shape index (κ2) is 15.1. The summed E-state index contributed by atoms with van der Waals surface area (Å²) in [6.45, 7) is 5.34. The Morgan fingerprint density at radius 1 is 0.767 bits per heavy atom. The van der Waals surface area contributed by atoms with Crippen molar-refractivity contribution in [2.75, 3.05) is 13.7 Å². The fraction of sp³-hybridized carbons (Fsp3) is 0.706. The number of methoxy groups -OCH3 is 1. The molecule has 0 aromatic carbocycles. The summed E-state index contributed by atoms with van der Waals surface area (Å²) in [7, 11) is 1.29. The Balaban J connectivity index is 0. The first-order valence-corrected chi connectivity index (χ1v) is 8.39. The molecule has 0 aromatic rings.